The van der Waals surface area contributed by atoms with Gasteiger partial charge in [-0.05, 0) is 59.6 Å². The van der Waals surface area contributed by atoms with Crippen LogP contribution in [0.3, 0.4) is 0 Å². The van der Waals surface area contributed by atoms with Crippen molar-refractivity contribution in [1.82, 2.24) is 20.2 Å². The number of carbonyl (C=O) groups is 1. The number of aliphatic hydroxyl groups is 1. The summed E-state index contributed by atoms with van der Waals surface area (Å²) in [6.07, 6.45) is 5.66. The molecular formula is C30H40F2N4O2. The Balaban J connectivity index is 1.78. The van der Waals surface area contributed by atoms with E-state index in [1.807, 2.05) is 12.4 Å². The molecule has 0 unspecified atom stereocenters. The Hall–Kier alpha value is -3.10. The summed E-state index contributed by atoms with van der Waals surface area (Å²) in [5.41, 5.74) is 3.81. The van der Waals surface area contributed by atoms with Crippen LogP contribution in [-0.2, 0) is 30.6 Å². The summed E-state index contributed by atoms with van der Waals surface area (Å²) in [6, 6.07) is 8.97. The molecule has 2 atom stereocenters. The van der Waals surface area contributed by atoms with E-state index in [2.05, 4.69) is 66.1 Å². The van der Waals surface area contributed by atoms with Gasteiger partial charge in [0.2, 0.25) is 5.91 Å². The second kappa shape index (κ2) is 13.1. The van der Waals surface area contributed by atoms with E-state index in [-0.39, 0.29) is 24.3 Å². The smallest absolute Gasteiger partial charge is 0.217 e. The molecule has 8 heteroatoms. The van der Waals surface area contributed by atoms with Gasteiger partial charge in [-0.1, -0.05) is 39.8 Å². The maximum atomic E-state index is 13.7. The molecule has 0 fully saturated rings. The lowest BCUT2D eigenvalue weighted by Crippen LogP contribution is -2.48. The predicted octanol–water partition coefficient (Wildman–Crippen LogP) is 4.89. The van der Waals surface area contributed by atoms with Gasteiger partial charge in [0.15, 0.2) is 0 Å². The Morgan fingerprint density at radius 1 is 1.11 bits per heavy atom. The molecule has 3 N–H and O–H groups in total. The number of aromatic nitrogens is 2. The summed E-state index contributed by atoms with van der Waals surface area (Å²) in [5, 5.41) is 17.0. The Bertz CT molecular complexity index is 1200. The zero-order valence-corrected chi connectivity index (χ0v) is 23.0. The number of nitrogens with zero attached hydrogens (tertiary/aromatic N) is 2. The number of hydrogen-bond donors (Lipinski definition) is 3. The van der Waals surface area contributed by atoms with Gasteiger partial charge in [-0.2, -0.15) is 0 Å². The Morgan fingerprint density at radius 2 is 1.82 bits per heavy atom. The Labute approximate surface area is 224 Å². The molecule has 6 nitrogen and oxygen atoms in total. The molecule has 0 bridgehead atoms. The molecule has 3 aromatic rings. The zero-order valence-electron chi connectivity index (χ0n) is 23.0. The quantitative estimate of drug-likeness (QED) is 0.314. The van der Waals surface area contributed by atoms with Gasteiger partial charge in [-0.25, -0.2) is 13.8 Å². The van der Waals surface area contributed by atoms with Crippen LogP contribution in [0.15, 0.2) is 48.8 Å². The molecule has 0 radical (unpaired) electrons. The van der Waals surface area contributed by atoms with E-state index >= 15 is 0 Å². The third-order valence-corrected chi connectivity index (χ3v) is 6.23. The van der Waals surface area contributed by atoms with Crippen molar-refractivity contribution in [2.75, 3.05) is 6.54 Å². The van der Waals surface area contributed by atoms with Crippen molar-refractivity contribution in [2.24, 2.45) is 5.41 Å². The van der Waals surface area contributed by atoms with Gasteiger partial charge in [-0.3, -0.25) is 4.79 Å². The lowest BCUT2D eigenvalue weighted by Gasteiger charge is -2.25. The topological polar surface area (TPSA) is 79.2 Å². The maximum absolute atomic E-state index is 13.7. The van der Waals surface area contributed by atoms with Crippen LogP contribution >= 0.6 is 0 Å². The largest absolute Gasteiger partial charge is 0.390 e. The number of rotatable bonds is 12. The van der Waals surface area contributed by atoms with Gasteiger partial charge in [0.05, 0.1) is 17.8 Å². The maximum Gasteiger partial charge on any atom is 0.217 e. The first-order valence-electron chi connectivity index (χ1n) is 13.2. The van der Waals surface area contributed by atoms with E-state index < -0.39 is 23.8 Å². The van der Waals surface area contributed by atoms with Gasteiger partial charge < -0.3 is 20.3 Å². The van der Waals surface area contributed by atoms with Crippen molar-refractivity contribution in [3.63, 3.8) is 0 Å². The number of benzene rings is 2. The molecule has 206 valence electrons. The van der Waals surface area contributed by atoms with Gasteiger partial charge in [0.1, 0.15) is 17.5 Å². The minimum absolute atomic E-state index is 0.0961. The van der Waals surface area contributed by atoms with Crippen molar-refractivity contribution in [2.45, 2.75) is 79.0 Å². The average Bonchev–Trinajstić information content (AvgIpc) is 3.25. The third-order valence-electron chi connectivity index (χ3n) is 6.23. The molecule has 0 spiro atoms. The fourth-order valence-electron chi connectivity index (χ4n) is 4.72. The molecule has 0 saturated heterocycles. The zero-order chi connectivity index (χ0) is 27.9. The van der Waals surface area contributed by atoms with E-state index in [0.29, 0.717) is 12.1 Å². The van der Waals surface area contributed by atoms with Crippen LogP contribution in [0.25, 0.3) is 5.69 Å². The number of amides is 1. The highest BCUT2D eigenvalue weighted by atomic mass is 19.1. The van der Waals surface area contributed by atoms with Crippen LogP contribution in [0.1, 0.15) is 63.6 Å². The first-order chi connectivity index (χ1) is 17.9. The normalized spacial score (nSPS) is 13.4. The lowest BCUT2D eigenvalue weighted by atomic mass is 9.87. The fourth-order valence-corrected chi connectivity index (χ4v) is 4.72. The summed E-state index contributed by atoms with van der Waals surface area (Å²) < 4.78 is 29.5. The summed E-state index contributed by atoms with van der Waals surface area (Å²) in [6.45, 7) is 10.8. The van der Waals surface area contributed by atoms with Gasteiger partial charge in [-0.15, -0.1) is 0 Å². The minimum atomic E-state index is -0.977. The van der Waals surface area contributed by atoms with Crippen molar-refractivity contribution in [3.8, 4) is 5.69 Å². The Kier molecular flexibility index (Phi) is 10.2. The molecule has 0 aliphatic heterocycles. The molecule has 1 heterocycles. The Morgan fingerprint density at radius 3 is 2.45 bits per heavy atom. The predicted molar refractivity (Wildman–Crippen MR) is 146 cm³/mol. The van der Waals surface area contributed by atoms with Crippen molar-refractivity contribution in [3.05, 3.63) is 82.9 Å². The summed E-state index contributed by atoms with van der Waals surface area (Å²) >= 11 is 0. The molecule has 3 rings (SSSR count). The standard InChI is InChI=1S/C30H40F2N4O2/c1-6-7-29-34-10-11-36(29)27-9-8-21(17-30(3,4)5)12-23(27)18-33-19-28(38)26(35-20(2)37)15-22-13-24(31)16-25(32)14-22/h8-14,16,26,28,33,38H,6-7,15,17-19H2,1-5H3,(H,35,37)/t26-,28-/m0/s1. The third kappa shape index (κ3) is 8.74. The van der Waals surface area contributed by atoms with Gasteiger partial charge in [0, 0.05) is 44.9 Å². The van der Waals surface area contributed by atoms with Crippen LogP contribution in [-0.4, -0.2) is 39.3 Å². The average molecular weight is 527 g/mol. The number of aliphatic hydroxyl groups excluding tert-OH is 1. The summed E-state index contributed by atoms with van der Waals surface area (Å²) in [4.78, 5) is 16.3. The number of halogens is 2. The minimum Gasteiger partial charge on any atom is -0.390 e. The lowest BCUT2D eigenvalue weighted by molar-refractivity contribution is -0.120. The van der Waals surface area contributed by atoms with Crippen LogP contribution in [0.5, 0.6) is 0 Å². The fraction of sp³-hybridized carbons (Fsp3) is 0.467. The van der Waals surface area contributed by atoms with Gasteiger partial charge >= 0.3 is 0 Å². The molecule has 1 aromatic heterocycles. The number of aryl methyl sites for hydroxylation is 1. The number of carbonyl (C=O) groups excluding carboxylic acids is 1. The summed E-state index contributed by atoms with van der Waals surface area (Å²) in [7, 11) is 0. The molecule has 0 aliphatic carbocycles. The number of nitrogens with one attached hydrogen (secondary N) is 2. The highest BCUT2D eigenvalue weighted by Crippen LogP contribution is 2.25. The number of imidazole rings is 1. The van der Waals surface area contributed by atoms with E-state index in [1.165, 1.54) is 24.6 Å². The monoisotopic (exact) mass is 526 g/mol. The van der Waals surface area contributed by atoms with E-state index in [0.717, 1.165) is 42.4 Å². The van der Waals surface area contributed by atoms with Crippen LogP contribution in [0.4, 0.5) is 8.78 Å². The molecule has 0 saturated carbocycles. The first kappa shape index (κ1) is 29.5. The SMILES string of the molecule is CCCc1nccn1-c1ccc(CC(C)(C)C)cc1CNC[C@H](O)[C@H](Cc1cc(F)cc(F)c1)NC(C)=O. The van der Waals surface area contributed by atoms with Crippen molar-refractivity contribution in [1.29, 1.82) is 0 Å². The van der Waals surface area contributed by atoms with Crippen molar-refractivity contribution >= 4 is 5.91 Å². The first-order valence-corrected chi connectivity index (χ1v) is 13.2. The van der Waals surface area contributed by atoms with E-state index in [4.69, 9.17) is 0 Å². The van der Waals surface area contributed by atoms with Crippen molar-refractivity contribution < 1.29 is 18.7 Å². The second-order valence-electron chi connectivity index (χ2n) is 11.2. The molecule has 2 aromatic carbocycles. The molecule has 1 amide bonds. The number of hydrogen-bond acceptors (Lipinski definition) is 4. The molecular weight excluding hydrogens is 486 g/mol. The van der Waals surface area contributed by atoms with E-state index in [9.17, 15) is 18.7 Å². The van der Waals surface area contributed by atoms with Crippen LogP contribution in [0, 0.1) is 17.0 Å². The highest BCUT2D eigenvalue weighted by molar-refractivity contribution is 5.73. The molecule has 38 heavy (non-hydrogen) atoms. The van der Waals surface area contributed by atoms with Crippen LogP contribution < -0.4 is 10.6 Å². The molecule has 0 aliphatic rings. The van der Waals surface area contributed by atoms with E-state index in [1.54, 1.807) is 0 Å². The van der Waals surface area contributed by atoms with Crippen LogP contribution in [0.2, 0.25) is 0 Å². The second-order valence-corrected chi connectivity index (χ2v) is 11.2. The summed E-state index contributed by atoms with van der Waals surface area (Å²) in [5.74, 6) is -0.727. The highest BCUT2D eigenvalue weighted by Gasteiger charge is 2.22. The van der Waals surface area contributed by atoms with Gasteiger partial charge in [0.25, 0.3) is 0 Å².